The molecule has 5 aromatic rings. The average Bonchev–Trinajstić information content (AvgIpc) is 3.53. The van der Waals surface area contributed by atoms with E-state index in [-0.39, 0.29) is 6.04 Å². The second kappa shape index (κ2) is 11.8. The lowest BCUT2D eigenvalue weighted by atomic mass is 10.1. The highest BCUT2D eigenvalue weighted by molar-refractivity contribution is 5.88. The molecule has 0 spiro atoms. The van der Waals surface area contributed by atoms with Gasteiger partial charge in [0.1, 0.15) is 24.5 Å². The number of rotatable bonds is 7. The number of nitrogens with zero attached hydrogens (tertiary/aromatic N) is 7. The Kier molecular flexibility index (Phi) is 8.04. The third-order valence-corrected chi connectivity index (χ3v) is 6.98. The zero-order valence-electron chi connectivity index (χ0n) is 23.0. The summed E-state index contributed by atoms with van der Waals surface area (Å²) in [5.41, 5.74) is 11.7. The maximum Gasteiger partial charge on any atom is 0.164 e. The van der Waals surface area contributed by atoms with Gasteiger partial charge in [-0.05, 0) is 44.2 Å². The Morgan fingerprint density at radius 2 is 1.90 bits per heavy atom. The number of ether oxygens (including phenoxy) is 2. The molecule has 2 N–H and O–H groups in total. The van der Waals surface area contributed by atoms with Crippen molar-refractivity contribution in [2.45, 2.75) is 33.7 Å². The zero-order valence-corrected chi connectivity index (χ0v) is 23.0. The van der Waals surface area contributed by atoms with E-state index in [1.54, 1.807) is 6.20 Å². The van der Waals surface area contributed by atoms with E-state index in [2.05, 4.69) is 44.5 Å². The topological polar surface area (TPSA) is 109 Å². The largest absolute Gasteiger partial charge is 0.491 e. The van der Waals surface area contributed by atoms with Gasteiger partial charge in [0.25, 0.3) is 0 Å². The molecule has 6 rings (SSSR count). The number of nitrogens with two attached hydrogens (primary N) is 1. The number of anilines is 1. The van der Waals surface area contributed by atoms with Crippen molar-refractivity contribution >= 4 is 22.4 Å². The molecule has 0 saturated carbocycles. The summed E-state index contributed by atoms with van der Waals surface area (Å²) in [4.78, 5) is 15.8. The van der Waals surface area contributed by atoms with E-state index in [0.29, 0.717) is 12.4 Å². The van der Waals surface area contributed by atoms with Gasteiger partial charge in [-0.25, -0.2) is 14.6 Å². The van der Waals surface area contributed by atoms with Crippen LogP contribution >= 0.6 is 0 Å². The van der Waals surface area contributed by atoms with Crippen molar-refractivity contribution in [2.24, 2.45) is 0 Å². The first kappa shape index (κ1) is 26.6. The molecule has 6 heterocycles. The van der Waals surface area contributed by atoms with E-state index in [9.17, 15) is 0 Å². The molecule has 0 amide bonds. The van der Waals surface area contributed by atoms with Crippen molar-refractivity contribution in [3.63, 3.8) is 0 Å². The van der Waals surface area contributed by atoms with Crippen molar-refractivity contribution in [1.82, 2.24) is 34.0 Å². The number of hydrogen-bond acceptors (Lipinski definition) is 8. The molecular formula is C29H36N8O2. The Balaban J connectivity index is 0.00000151. The van der Waals surface area contributed by atoms with Crippen LogP contribution in [0.15, 0.2) is 55.1 Å². The summed E-state index contributed by atoms with van der Waals surface area (Å²) in [5.74, 6) is 1.20. The van der Waals surface area contributed by atoms with E-state index in [0.717, 1.165) is 77.8 Å². The van der Waals surface area contributed by atoms with E-state index in [1.165, 1.54) is 6.33 Å². The standard InChI is InChI=1S/C27H30N8O2.C2H6/c1-18-24-26(28)30-17-31-27(24)35(32-18)19(2)22-15-20-5-3-4-8-34(20)25(22)23-7-6-21(16-29-23)37-14-11-33-9-12-36-13-10-33;1-2/h3-8,15-17,19H,9-14H2,1-2H3,(H2,28,30,31);1-2H3. The van der Waals surface area contributed by atoms with E-state index < -0.39 is 0 Å². The number of nitrogen functional groups attached to an aromatic ring is 1. The van der Waals surface area contributed by atoms with Crippen LogP contribution in [0.3, 0.4) is 0 Å². The first-order valence-electron chi connectivity index (χ1n) is 13.5. The van der Waals surface area contributed by atoms with Crippen molar-refractivity contribution < 1.29 is 9.47 Å². The fourth-order valence-electron chi connectivity index (χ4n) is 5.03. The molecule has 1 aliphatic heterocycles. The molecule has 10 heteroatoms. The fraction of sp³-hybridized carbons (Fsp3) is 0.379. The molecule has 204 valence electrons. The zero-order chi connectivity index (χ0) is 27.4. The molecule has 0 aromatic carbocycles. The van der Waals surface area contributed by atoms with Crippen LogP contribution in [0.5, 0.6) is 5.75 Å². The Bertz CT molecular complexity index is 1540. The molecular weight excluding hydrogens is 492 g/mol. The lowest BCUT2D eigenvalue weighted by Crippen LogP contribution is -2.38. The van der Waals surface area contributed by atoms with Gasteiger partial charge in [0, 0.05) is 36.9 Å². The average molecular weight is 529 g/mol. The number of aryl methyl sites for hydroxylation is 1. The Hall–Kier alpha value is -4.02. The molecule has 39 heavy (non-hydrogen) atoms. The van der Waals surface area contributed by atoms with Crippen LogP contribution in [-0.4, -0.2) is 73.5 Å². The molecule has 0 radical (unpaired) electrons. The third kappa shape index (κ3) is 5.30. The minimum absolute atomic E-state index is 0.119. The fourth-order valence-corrected chi connectivity index (χ4v) is 5.03. The molecule has 0 aliphatic carbocycles. The smallest absolute Gasteiger partial charge is 0.164 e. The third-order valence-electron chi connectivity index (χ3n) is 6.98. The summed E-state index contributed by atoms with van der Waals surface area (Å²) in [6.07, 6.45) is 5.34. The molecule has 5 aromatic heterocycles. The van der Waals surface area contributed by atoms with Crippen LogP contribution in [-0.2, 0) is 4.74 Å². The molecule has 1 aliphatic rings. The van der Waals surface area contributed by atoms with Crippen LogP contribution in [0.4, 0.5) is 5.82 Å². The highest BCUT2D eigenvalue weighted by atomic mass is 16.5. The Labute approximate surface area is 228 Å². The monoisotopic (exact) mass is 528 g/mol. The number of pyridine rings is 2. The lowest BCUT2D eigenvalue weighted by molar-refractivity contribution is 0.0322. The van der Waals surface area contributed by atoms with Crippen LogP contribution in [0, 0.1) is 6.92 Å². The van der Waals surface area contributed by atoms with Gasteiger partial charge in [-0.1, -0.05) is 19.9 Å². The second-order valence-corrected chi connectivity index (χ2v) is 9.29. The summed E-state index contributed by atoms with van der Waals surface area (Å²) >= 11 is 0. The van der Waals surface area contributed by atoms with Gasteiger partial charge < -0.3 is 19.6 Å². The highest BCUT2D eigenvalue weighted by Gasteiger charge is 2.23. The first-order valence-corrected chi connectivity index (χ1v) is 13.5. The summed E-state index contributed by atoms with van der Waals surface area (Å²) in [7, 11) is 0. The maximum atomic E-state index is 6.14. The van der Waals surface area contributed by atoms with Gasteiger partial charge in [-0.15, -0.1) is 0 Å². The molecule has 10 nitrogen and oxygen atoms in total. The van der Waals surface area contributed by atoms with Crippen LogP contribution < -0.4 is 10.5 Å². The quantitative estimate of drug-likeness (QED) is 0.332. The van der Waals surface area contributed by atoms with Gasteiger partial charge in [-0.2, -0.15) is 5.10 Å². The number of hydrogen-bond donors (Lipinski definition) is 1. The summed E-state index contributed by atoms with van der Waals surface area (Å²) in [6, 6.07) is 12.2. The number of aromatic nitrogens is 6. The minimum atomic E-state index is -0.119. The Morgan fingerprint density at radius 3 is 2.67 bits per heavy atom. The molecule has 1 atom stereocenters. The number of fused-ring (bicyclic) bond motifs is 2. The van der Waals surface area contributed by atoms with Gasteiger partial charge in [0.15, 0.2) is 5.65 Å². The SMILES string of the molecule is CC.Cc1nn(C(C)c2cc3ccccn3c2-c2ccc(OCCN3CCOCC3)cn2)c2ncnc(N)c12. The normalized spacial score (nSPS) is 14.8. The highest BCUT2D eigenvalue weighted by Crippen LogP contribution is 2.35. The first-order chi connectivity index (χ1) is 19.1. The van der Waals surface area contributed by atoms with E-state index in [1.807, 2.05) is 49.7 Å². The summed E-state index contributed by atoms with van der Waals surface area (Å²) < 4.78 is 15.5. The van der Waals surface area contributed by atoms with Crippen molar-refractivity contribution in [3.8, 4) is 17.1 Å². The number of morpholine rings is 1. The minimum Gasteiger partial charge on any atom is -0.491 e. The molecule has 0 bridgehead atoms. The Morgan fingerprint density at radius 1 is 1.08 bits per heavy atom. The van der Waals surface area contributed by atoms with Crippen molar-refractivity contribution in [2.75, 3.05) is 45.2 Å². The van der Waals surface area contributed by atoms with Gasteiger partial charge >= 0.3 is 0 Å². The van der Waals surface area contributed by atoms with Gasteiger partial charge in [-0.3, -0.25) is 9.88 Å². The van der Waals surface area contributed by atoms with Gasteiger partial charge in [0.05, 0.1) is 47.9 Å². The van der Waals surface area contributed by atoms with Crippen LogP contribution in [0.1, 0.15) is 38.1 Å². The molecule has 1 fully saturated rings. The lowest BCUT2D eigenvalue weighted by Gasteiger charge is -2.26. The molecule has 1 unspecified atom stereocenters. The predicted octanol–water partition coefficient (Wildman–Crippen LogP) is 4.38. The second-order valence-electron chi connectivity index (χ2n) is 9.29. The summed E-state index contributed by atoms with van der Waals surface area (Å²) in [6.45, 7) is 13.0. The van der Waals surface area contributed by atoms with Crippen molar-refractivity contribution in [3.05, 3.63) is 66.4 Å². The van der Waals surface area contributed by atoms with Crippen LogP contribution in [0.2, 0.25) is 0 Å². The van der Waals surface area contributed by atoms with E-state index in [4.69, 9.17) is 25.3 Å². The van der Waals surface area contributed by atoms with Crippen molar-refractivity contribution in [1.29, 1.82) is 0 Å². The van der Waals surface area contributed by atoms with E-state index >= 15 is 0 Å². The van der Waals surface area contributed by atoms with Gasteiger partial charge in [0.2, 0.25) is 0 Å². The van der Waals surface area contributed by atoms with Crippen LogP contribution in [0.25, 0.3) is 27.9 Å². The summed E-state index contributed by atoms with van der Waals surface area (Å²) in [5, 5.41) is 5.58. The molecule has 1 saturated heterocycles. The predicted molar refractivity (Wildman–Crippen MR) is 153 cm³/mol. The maximum absolute atomic E-state index is 6.14.